The Morgan fingerprint density at radius 2 is 1.87 bits per heavy atom. The van der Waals surface area contributed by atoms with Crippen LogP contribution in [0.5, 0.6) is 0 Å². The van der Waals surface area contributed by atoms with Gasteiger partial charge < -0.3 is 15.1 Å². The topological polar surface area (TPSA) is 47.9 Å². The molecule has 0 radical (unpaired) electrons. The van der Waals surface area contributed by atoms with E-state index in [9.17, 15) is 4.79 Å². The highest BCUT2D eigenvalue weighted by Crippen LogP contribution is 2.19. The van der Waals surface area contributed by atoms with Gasteiger partial charge in [0.2, 0.25) is 5.91 Å². The van der Waals surface area contributed by atoms with E-state index in [0.29, 0.717) is 12.6 Å². The Kier molecular flexibility index (Phi) is 8.11. The maximum atomic E-state index is 11.7. The molecule has 0 aromatic heterocycles. The van der Waals surface area contributed by atoms with Gasteiger partial charge in [-0.3, -0.25) is 4.79 Å². The first-order chi connectivity index (χ1) is 10.5. The lowest BCUT2D eigenvalue weighted by molar-refractivity contribution is -0.127. The van der Waals surface area contributed by atoms with Crippen molar-refractivity contribution < 1.29 is 4.79 Å². The molecule has 0 bridgehead atoms. The van der Waals surface area contributed by atoms with Crippen molar-refractivity contribution in [3.8, 4) is 0 Å². The third-order valence-corrected chi connectivity index (χ3v) is 3.72. The Labute approximate surface area is 160 Å². The summed E-state index contributed by atoms with van der Waals surface area (Å²) in [5, 5.41) is 4.13. The van der Waals surface area contributed by atoms with Crippen molar-refractivity contribution in [3.05, 3.63) is 34.9 Å². The Morgan fingerprint density at radius 3 is 2.39 bits per heavy atom. The number of carbonyl (C=O) groups excluding carboxylic acids is 1. The molecule has 0 heterocycles. The first kappa shape index (κ1) is 20.0. The van der Waals surface area contributed by atoms with Gasteiger partial charge in [0.05, 0.1) is 0 Å². The van der Waals surface area contributed by atoms with E-state index in [4.69, 9.17) is 11.6 Å². The van der Waals surface area contributed by atoms with E-state index >= 15 is 0 Å². The van der Waals surface area contributed by atoms with Crippen molar-refractivity contribution >= 4 is 47.4 Å². The van der Waals surface area contributed by atoms with Crippen LogP contribution >= 0.6 is 35.6 Å². The fourth-order valence-electron chi connectivity index (χ4n) is 1.91. The molecule has 128 valence electrons. The second-order valence-electron chi connectivity index (χ2n) is 5.83. The van der Waals surface area contributed by atoms with Crippen LogP contribution in [0.4, 0.5) is 0 Å². The van der Waals surface area contributed by atoms with Gasteiger partial charge in [-0.2, -0.15) is 0 Å². The smallest absolute Gasteiger partial charge is 0.243 e. The van der Waals surface area contributed by atoms with E-state index in [1.807, 2.05) is 36.2 Å². The monoisotopic (exact) mass is 450 g/mol. The molecule has 0 spiro atoms. The summed E-state index contributed by atoms with van der Waals surface area (Å²) in [6.07, 6.45) is 2.32. The number of guanidine groups is 1. The van der Waals surface area contributed by atoms with Crippen LogP contribution in [0.1, 0.15) is 18.4 Å². The molecule has 1 N–H and O–H groups in total. The minimum atomic E-state index is -0.00464. The molecule has 1 aliphatic rings. The average Bonchev–Trinajstić information content (AvgIpc) is 3.29. The standard InChI is InChI=1S/C16H23ClN4O.HI/c1-20(2)15(22)10-18-16(19-14-8-9-14)21(3)11-12-4-6-13(17)7-5-12;/h4-7,14H,8-11H2,1-3H3,(H,18,19);1H. The molecular weight excluding hydrogens is 427 g/mol. The quantitative estimate of drug-likeness (QED) is 0.426. The number of aliphatic imine (C=N–C) groups is 1. The second-order valence-corrected chi connectivity index (χ2v) is 6.27. The first-order valence-electron chi connectivity index (χ1n) is 7.42. The second kappa shape index (κ2) is 9.32. The summed E-state index contributed by atoms with van der Waals surface area (Å²) >= 11 is 5.91. The van der Waals surface area contributed by atoms with Crippen LogP contribution in [0, 0.1) is 0 Å². The summed E-state index contributed by atoms with van der Waals surface area (Å²) in [7, 11) is 5.45. The Bertz CT molecular complexity index is 544. The number of hydrogen-bond donors (Lipinski definition) is 1. The van der Waals surface area contributed by atoms with Crippen LogP contribution in [0.2, 0.25) is 5.02 Å². The Balaban J connectivity index is 0.00000264. The number of nitrogens with zero attached hydrogens (tertiary/aromatic N) is 3. The van der Waals surface area contributed by atoms with E-state index in [1.165, 1.54) is 0 Å². The molecule has 1 aliphatic carbocycles. The van der Waals surface area contributed by atoms with Crippen molar-refractivity contribution in [2.24, 2.45) is 4.99 Å². The number of halogens is 2. The molecule has 1 aromatic carbocycles. The maximum Gasteiger partial charge on any atom is 0.243 e. The van der Waals surface area contributed by atoms with Crippen LogP contribution in [0.25, 0.3) is 0 Å². The maximum absolute atomic E-state index is 11.7. The molecule has 1 fully saturated rings. The summed E-state index contributed by atoms with van der Waals surface area (Å²) in [5.41, 5.74) is 1.15. The van der Waals surface area contributed by atoms with Crippen LogP contribution in [0.3, 0.4) is 0 Å². The van der Waals surface area contributed by atoms with Crippen molar-refractivity contribution in [2.45, 2.75) is 25.4 Å². The number of hydrogen-bond acceptors (Lipinski definition) is 2. The number of rotatable bonds is 5. The highest BCUT2D eigenvalue weighted by Gasteiger charge is 2.24. The van der Waals surface area contributed by atoms with Crippen LogP contribution in [-0.2, 0) is 11.3 Å². The number of likely N-dealkylation sites (N-methyl/N-ethyl adjacent to an activating group) is 1. The molecule has 2 rings (SSSR count). The Hall–Kier alpha value is -1.02. The zero-order valence-corrected chi connectivity index (χ0v) is 16.8. The lowest BCUT2D eigenvalue weighted by Crippen LogP contribution is -2.40. The SMILES string of the molecule is CN(C)C(=O)CN=C(NC1CC1)N(C)Cc1ccc(Cl)cc1.I. The molecular formula is C16H24ClIN4O. The molecule has 5 nitrogen and oxygen atoms in total. The molecule has 0 aliphatic heterocycles. The van der Waals surface area contributed by atoms with E-state index < -0.39 is 0 Å². The summed E-state index contributed by atoms with van der Waals surface area (Å²) in [4.78, 5) is 19.8. The predicted octanol–water partition coefficient (Wildman–Crippen LogP) is 2.59. The summed E-state index contributed by atoms with van der Waals surface area (Å²) in [6, 6.07) is 8.24. The minimum absolute atomic E-state index is 0. The normalized spacial score (nSPS) is 14.0. The van der Waals surface area contributed by atoms with Crippen LogP contribution in [0.15, 0.2) is 29.3 Å². The number of carbonyl (C=O) groups is 1. The number of amides is 1. The summed E-state index contributed by atoms with van der Waals surface area (Å²) < 4.78 is 0. The molecule has 0 unspecified atom stereocenters. The number of nitrogens with one attached hydrogen (secondary N) is 1. The van der Waals surface area contributed by atoms with Gasteiger partial charge in [-0.25, -0.2) is 4.99 Å². The fourth-order valence-corrected chi connectivity index (χ4v) is 2.04. The van der Waals surface area contributed by atoms with Gasteiger partial charge in [-0.1, -0.05) is 23.7 Å². The highest BCUT2D eigenvalue weighted by atomic mass is 127. The van der Waals surface area contributed by atoms with Gasteiger partial charge in [0.1, 0.15) is 6.54 Å². The van der Waals surface area contributed by atoms with Gasteiger partial charge in [-0.05, 0) is 30.5 Å². The largest absolute Gasteiger partial charge is 0.353 e. The van der Waals surface area contributed by atoms with Gasteiger partial charge in [0.15, 0.2) is 5.96 Å². The van der Waals surface area contributed by atoms with Gasteiger partial charge >= 0.3 is 0 Å². The Morgan fingerprint density at radius 1 is 1.26 bits per heavy atom. The molecule has 1 amide bonds. The molecule has 1 saturated carbocycles. The molecule has 0 atom stereocenters. The van der Waals surface area contributed by atoms with E-state index in [0.717, 1.165) is 29.4 Å². The zero-order valence-electron chi connectivity index (χ0n) is 13.8. The predicted molar refractivity (Wildman–Crippen MR) is 105 cm³/mol. The minimum Gasteiger partial charge on any atom is -0.353 e. The van der Waals surface area contributed by atoms with Crippen molar-refractivity contribution in [3.63, 3.8) is 0 Å². The van der Waals surface area contributed by atoms with Crippen LogP contribution < -0.4 is 5.32 Å². The van der Waals surface area contributed by atoms with Gasteiger partial charge in [0, 0.05) is 38.8 Å². The van der Waals surface area contributed by atoms with Crippen LogP contribution in [-0.4, -0.2) is 55.4 Å². The van der Waals surface area contributed by atoms with Gasteiger partial charge in [0.25, 0.3) is 0 Å². The lowest BCUT2D eigenvalue weighted by Gasteiger charge is -2.23. The molecule has 23 heavy (non-hydrogen) atoms. The van der Waals surface area contributed by atoms with E-state index in [1.54, 1.807) is 19.0 Å². The molecule has 1 aromatic rings. The van der Waals surface area contributed by atoms with E-state index in [-0.39, 0.29) is 36.4 Å². The lowest BCUT2D eigenvalue weighted by atomic mass is 10.2. The van der Waals surface area contributed by atoms with Crippen molar-refractivity contribution in [2.75, 3.05) is 27.7 Å². The van der Waals surface area contributed by atoms with Gasteiger partial charge in [-0.15, -0.1) is 24.0 Å². The van der Waals surface area contributed by atoms with E-state index in [2.05, 4.69) is 10.3 Å². The first-order valence-corrected chi connectivity index (χ1v) is 7.80. The third kappa shape index (κ3) is 6.95. The summed E-state index contributed by atoms with van der Waals surface area (Å²) in [6.45, 7) is 0.874. The molecule has 0 saturated heterocycles. The molecule has 7 heteroatoms. The average molecular weight is 451 g/mol. The highest BCUT2D eigenvalue weighted by molar-refractivity contribution is 14.0. The zero-order chi connectivity index (χ0) is 16.1. The fraction of sp³-hybridized carbons (Fsp3) is 0.500. The summed E-state index contributed by atoms with van der Waals surface area (Å²) in [5.74, 6) is 0.766. The van der Waals surface area contributed by atoms with Crippen molar-refractivity contribution in [1.29, 1.82) is 0 Å². The third-order valence-electron chi connectivity index (χ3n) is 3.47. The number of benzene rings is 1. The van der Waals surface area contributed by atoms with Crippen molar-refractivity contribution in [1.82, 2.24) is 15.1 Å².